The van der Waals surface area contributed by atoms with Crippen LogP contribution < -0.4 is 25.2 Å². The largest absolute Gasteiger partial charge is 0.492 e. The summed E-state index contributed by atoms with van der Waals surface area (Å²) in [6.45, 7) is 8.64. The normalized spacial score (nSPS) is 21.8. The number of halogens is 2. The number of amides is 6. The number of piperazine rings is 2. The van der Waals surface area contributed by atoms with Gasteiger partial charge in [0.25, 0.3) is 11.8 Å². The number of hydrogen-bond donors (Lipinski definition) is 2. The fourth-order valence-corrected chi connectivity index (χ4v) is 12.4. The summed E-state index contributed by atoms with van der Waals surface area (Å²) in [7, 11) is 0. The van der Waals surface area contributed by atoms with E-state index in [1.807, 2.05) is 47.1 Å². The van der Waals surface area contributed by atoms with Crippen molar-refractivity contribution >= 4 is 52.5 Å². The standard InChI is InChI=1S/C57H62F2N12O7/c1-2-78-43-29-45(51-40(30-60)32-62-71(51)34-43)38-7-13-49(61-31-38)67-17-15-57(16-18-67,64-52(73)46-28-41(58)8-11-47(46)59)35-65-19-21-68(22-20-65)54(75)36-3-5-37(6-4-36)55(76)69-25-23-66(24-26-69)42-9-10-44-39(27-42)33-70(56(44)77)48-12-14-50(72)63-53(48)74/h7-11,13,27-29,31-32,34,36-37,48H,2-6,12,14-26,33,35H2,1H3,(H,64,73)(H,63,72,74). The molecule has 5 aromatic rings. The third-order valence-corrected chi connectivity index (χ3v) is 16.8. The number of aromatic nitrogens is 3. The molecule has 19 nitrogen and oxygen atoms in total. The smallest absolute Gasteiger partial charge is 0.255 e. The van der Waals surface area contributed by atoms with Crippen LogP contribution in [0.5, 0.6) is 5.75 Å². The third kappa shape index (κ3) is 10.4. The van der Waals surface area contributed by atoms with E-state index < -0.39 is 35.0 Å². The molecule has 0 radical (unpaired) electrons. The second-order valence-electron chi connectivity index (χ2n) is 21.4. The lowest BCUT2D eigenvalue weighted by Crippen LogP contribution is -2.63. The molecule has 4 saturated heterocycles. The maximum Gasteiger partial charge on any atom is 0.255 e. The number of pyridine rings is 2. The average molecular weight is 1070 g/mol. The van der Waals surface area contributed by atoms with Gasteiger partial charge in [-0.05, 0) is 112 Å². The number of carbonyl (C=O) groups excluding carboxylic acids is 6. The molecule has 8 heterocycles. The van der Waals surface area contributed by atoms with Gasteiger partial charge >= 0.3 is 0 Å². The number of anilines is 2. The van der Waals surface area contributed by atoms with Gasteiger partial charge in [-0.15, -0.1) is 0 Å². The Morgan fingerprint density at radius 1 is 0.808 bits per heavy atom. The molecule has 1 aliphatic carbocycles. The summed E-state index contributed by atoms with van der Waals surface area (Å²) >= 11 is 0. The van der Waals surface area contributed by atoms with E-state index in [0.717, 1.165) is 46.4 Å². The van der Waals surface area contributed by atoms with Gasteiger partial charge in [-0.3, -0.25) is 39.0 Å². The van der Waals surface area contributed by atoms with E-state index in [4.69, 9.17) is 9.72 Å². The average Bonchev–Trinajstić information content (AvgIpc) is 4.14. The Kier molecular flexibility index (Phi) is 14.6. The van der Waals surface area contributed by atoms with Gasteiger partial charge in [0, 0.05) is 125 Å². The summed E-state index contributed by atoms with van der Waals surface area (Å²) < 4.78 is 36.8. The summed E-state index contributed by atoms with van der Waals surface area (Å²) in [5.41, 5.74) is 3.80. The van der Waals surface area contributed by atoms with Gasteiger partial charge in [0.15, 0.2) is 0 Å². The summed E-state index contributed by atoms with van der Waals surface area (Å²) in [5, 5.41) is 19.7. The number of nitrogens with one attached hydrogen (secondary N) is 2. The number of imide groups is 1. The van der Waals surface area contributed by atoms with Crippen LogP contribution in [0.25, 0.3) is 16.6 Å². The molecule has 2 aromatic carbocycles. The zero-order chi connectivity index (χ0) is 54.2. The number of carbonyl (C=O) groups is 6. The highest BCUT2D eigenvalue weighted by Gasteiger charge is 2.42. The van der Waals surface area contributed by atoms with Crippen molar-refractivity contribution in [3.05, 3.63) is 107 Å². The number of piperidine rings is 2. The molecule has 1 unspecified atom stereocenters. The first kappa shape index (κ1) is 52.1. The van der Waals surface area contributed by atoms with Crippen LogP contribution in [-0.4, -0.2) is 160 Å². The Hall–Kier alpha value is -7.99. The van der Waals surface area contributed by atoms with Crippen LogP contribution >= 0.6 is 0 Å². The Labute approximate surface area is 450 Å². The number of nitrogens with zero attached hydrogens (tertiary/aromatic N) is 10. The summed E-state index contributed by atoms with van der Waals surface area (Å²) in [6, 6.07) is 15.9. The van der Waals surface area contributed by atoms with Crippen LogP contribution in [0.3, 0.4) is 0 Å². The van der Waals surface area contributed by atoms with Gasteiger partial charge < -0.3 is 34.6 Å². The van der Waals surface area contributed by atoms with Crippen LogP contribution in [0.1, 0.15) is 90.1 Å². The minimum absolute atomic E-state index is 0.101. The molecule has 3 aromatic heterocycles. The van der Waals surface area contributed by atoms with Crippen molar-refractivity contribution in [3.63, 3.8) is 0 Å². The Morgan fingerprint density at radius 2 is 1.51 bits per heavy atom. The van der Waals surface area contributed by atoms with Crippen LogP contribution in [0.4, 0.5) is 20.3 Å². The van der Waals surface area contributed by atoms with Crippen molar-refractivity contribution in [2.24, 2.45) is 11.8 Å². The van der Waals surface area contributed by atoms with Crippen molar-refractivity contribution in [2.45, 2.75) is 76.4 Å². The number of benzene rings is 2. The molecule has 6 amide bonds. The highest BCUT2D eigenvalue weighted by Crippen LogP contribution is 2.36. The topological polar surface area (TPSA) is 209 Å². The number of rotatable bonds is 12. The second-order valence-corrected chi connectivity index (χ2v) is 21.4. The molecule has 5 aliphatic heterocycles. The summed E-state index contributed by atoms with van der Waals surface area (Å²) in [5.74, 6) is -1.95. The first-order valence-electron chi connectivity index (χ1n) is 27.1. The molecular weight excluding hydrogens is 1000 g/mol. The van der Waals surface area contributed by atoms with Crippen molar-refractivity contribution in [2.75, 3.05) is 88.4 Å². The molecule has 0 spiro atoms. The molecule has 2 N–H and O–H groups in total. The fourth-order valence-electron chi connectivity index (χ4n) is 12.4. The molecule has 1 saturated carbocycles. The maximum absolute atomic E-state index is 15.0. The lowest BCUT2D eigenvalue weighted by Gasteiger charge is -2.47. The van der Waals surface area contributed by atoms with Crippen LogP contribution in [0, 0.1) is 34.8 Å². The fraction of sp³-hybridized carbons (Fsp3) is 0.456. The minimum Gasteiger partial charge on any atom is -0.492 e. The number of nitriles is 1. The number of fused-ring (bicyclic) bond motifs is 2. The lowest BCUT2D eigenvalue weighted by molar-refractivity contribution is -0.142. The van der Waals surface area contributed by atoms with Crippen molar-refractivity contribution < 1.29 is 42.3 Å². The zero-order valence-corrected chi connectivity index (χ0v) is 43.6. The van der Waals surface area contributed by atoms with Gasteiger partial charge in [0.1, 0.15) is 35.3 Å². The third-order valence-electron chi connectivity index (χ3n) is 16.8. The molecular formula is C57H62F2N12O7. The molecule has 0 bridgehead atoms. The van der Waals surface area contributed by atoms with E-state index in [9.17, 15) is 42.8 Å². The number of hydrogen-bond acceptors (Lipinski definition) is 13. The molecule has 21 heteroatoms. The maximum atomic E-state index is 15.0. The van der Waals surface area contributed by atoms with Crippen LogP contribution in [0.15, 0.2) is 73.2 Å². The minimum atomic E-state index is -0.812. The van der Waals surface area contributed by atoms with Crippen molar-refractivity contribution in [3.8, 4) is 22.9 Å². The lowest BCUT2D eigenvalue weighted by atomic mass is 9.80. The van der Waals surface area contributed by atoms with Gasteiger partial charge in [0.05, 0.1) is 41.2 Å². The van der Waals surface area contributed by atoms with Gasteiger partial charge in [0.2, 0.25) is 23.6 Å². The van der Waals surface area contributed by atoms with Crippen LogP contribution in [0.2, 0.25) is 0 Å². The molecule has 5 fully saturated rings. The van der Waals surface area contributed by atoms with Crippen LogP contribution in [-0.2, 0) is 25.7 Å². The quantitative estimate of drug-likeness (QED) is 0.162. The van der Waals surface area contributed by atoms with Crippen molar-refractivity contribution in [1.29, 1.82) is 5.26 Å². The molecule has 6 aliphatic rings. The highest BCUT2D eigenvalue weighted by atomic mass is 19.1. The van der Waals surface area contributed by atoms with Gasteiger partial charge in [-0.2, -0.15) is 10.4 Å². The van der Waals surface area contributed by atoms with E-state index >= 15 is 0 Å². The second kappa shape index (κ2) is 21.8. The molecule has 1 atom stereocenters. The first-order chi connectivity index (χ1) is 37.8. The Balaban J connectivity index is 0.670. The van der Waals surface area contributed by atoms with Crippen molar-refractivity contribution in [1.82, 2.24) is 44.8 Å². The van der Waals surface area contributed by atoms with E-state index in [-0.39, 0.29) is 47.4 Å². The van der Waals surface area contributed by atoms with E-state index in [0.29, 0.717) is 152 Å². The molecule has 78 heavy (non-hydrogen) atoms. The van der Waals surface area contributed by atoms with Gasteiger partial charge in [-0.25, -0.2) is 18.3 Å². The monoisotopic (exact) mass is 1060 g/mol. The SMILES string of the molecule is CCOc1cc(-c2ccc(N3CCC(CN4CCN(C(=O)C5CCC(C(=O)N6CCN(c7ccc8c(c7)CN(C7CCC(=O)NC7=O)C8=O)CC6)CC5)CC4)(NC(=O)c4cc(F)ccc4F)CC3)nc2)c2c(C#N)cnn2c1. The summed E-state index contributed by atoms with van der Waals surface area (Å²) in [6.07, 6.45) is 9.05. The Bertz CT molecular complexity index is 3200. The molecule has 11 rings (SSSR count). The first-order valence-corrected chi connectivity index (χ1v) is 27.1. The van der Waals surface area contributed by atoms with E-state index in [1.165, 1.54) is 6.20 Å². The molecule has 406 valence electrons. The van der Waals surface area contributed by atoms with E-state index in [2.05, 4.69) is 36.5 Å². The van der Waals surface area contributed by atoms with Gasteiger partial charge in [-0.1, -0.05) is 0 Å². The highest BCUT2D eigenvalue weighted by molar-refractivity contribution is 6.05. The number of ether oxygens (including phenoxy) is 1. The Morgan fingerprint density at radius 3 is 2.17 bits per heavy atom. The predicted octanol–water partition coefficient (Wildman–Crippen LogP) is 4.77. The predicted molar refractivity (Wildman–Crippen MR) is 282 cm³/mol. The zero-order valence-electron chi connectivity index (χ0n) is 43.6. The summed E-state index contributed by atoms with van der Waals surface area (Å²) in [4.78, 5) is 95.9. The van der Waals surface area contributed by atoms with E-state index in [1.54, 1.807) is 27.9 Å².